The van der Waals surface area contributed by atoms with Crippen molar-refractivity contribution in [2.45, 2.75) is 49.5 Å². The number of hydrogen-bond donors (Lipinski definition) is 1. The predicted molar refractivity (Wildman–Crippen MR) is 143 cm³/mol. The molecule has 2 aromatic carbocycles. The second-order valence-electron chi connectivity index (χ2n) is 10.4. The standard InChI is InChI=1S/C26H32F3N3O6S2/c1-16(2)13-21(25(30)34)32(22-14-31(15-23(22)33)40(4,37)38)24(26(27,28)29)19-7-5-17(6-8-19)18-9-11-20(12-10-18)39(3,35)36/h5-12,16,21-22,24H,13-15H2,1-4H3,(H2,30,34)/t21-,22?,24-/m0/s1. The first kappa shape index (κ1) is 31.7. The lowest BCUT2D eigenvalue weighted by molar-refractivity contribution is -0.199. The second kappa shape index (κ2) is 11.6. The molecule has 0 radical (unpaired) electrons. The second-order valence-corrected chi connectivity index (χ2v) is 14.4. The third-order valence-electron chi connectivity index (χ3n) is 6.74. The summed E-state index contributed by atoms with van der Waals surface area (Å²) in [5, 5.41) is 0. The van der Waals surface area contributed by atoms with Crippen molar-refractivity contribution >= 4 is 31.6 Å². The van der Waals surface area contributed by atoms with Crippen LogP contribution >= 0.6 is 0 Å². The number of primary amides is 1. The van der Waals surface area contributed by atoms with E-state index in [9.17, 15) is 39.6 Å². The van der Waals surface area contributed by atoms with Gasteiger partial charge in [0.25, 0.3) is 0 Å². The van der Waals surface area contributed by atoms with Gasteiger partial charge in [-0.2, -0.15) is 17.5 Å². The van der Waals surface area contributed by atoms with Crippen LogP contribution in [0.5, 0.6) is 0 Å². The Morgan fingerprint density at radius 3 is 1.88 bits per heavy atom. The summed E-state index contributed by atoms with van der Waals surface area (Å²) in [6.07, 6.45) is -3.14. The Bertz CT molecular complexity index is 1460. The minimum Gasteiger partial charge on any atom is -0.368 e. The Labute approximate surface area is 232 Å². The van der Waals surface area contributed by atoms with Gasteiger partial charge in [-0.05, 0) is 41.2 Å². The molecule has 220 valence electrons. The molecule has 0 aromatic heterocycles. The predicted octanol–water partition coefficient (Wildman–Crippen LogP) is 2.78. The molecule has 2 N–H and O–H groups in total. The molecule has 40 heavy (non-hydrogen) atoms. The molecule has 1 amide bonds. The van der Waals surface area contributed by atoms with Crippen LogP contribution in [0.3, 0.4) is 0 Å². The fraction of sp³-hybridized carbons (Fsp3) is 0.462. The van der Waals surface area contributed by atoms with E-state index < -0.39 is 68.9 Å². The first-order valence-electron chi connectivity index (χ1n) is 12.3. The van der Waals surface area contributed by atoms with Crippen LogP contribution in [-0.4, -0.2) is 81.6 Å². The number of sulfone groups is 1. The van der Waals surface area contributed by atoms with Crippen LogP contribution in [0.15, 0.2) is 53.4 Å². The van der Waals surface area contributed by atoms with E-state index >= 15 is 0 Å². The van der Waals surface area contributed by atoms with Gasteiger partial charge >= 0.3 is 6.18 Å². The smallest absolute Gasteiger partial charge is 0.368 e. The Morgan fingerprint density at radius 2 is 1.50 bits per heavy atom. The quantitative estimate of drug-likeness (QED) is 0.441. The van der Waals surface area contributed by atoms with Gasteiger partial charge in [0.2, 0.25) is 15.9 Å². The van der Waals surface area contributed by atoms with Crippen LogP contribution in [0, 0.1) is 5.92 Å². The molecule has 1 heterocycles. The fourth-order valence-electron chi connectivity index (χ4n) is 4.84. The topological polar surface area (TPSA) is 135 Å². The minimum atomic E-state index is -4.97. The highest BCUT2D eigenvalue weighted by Crippen LogP contribution is 2.42. The van der Waals surface area contributed by atoms with Gasteiger partial charge in [-0.3, -0.25) is 14.5 Å². The molecule has 1 fully saturated rings. The van der Waals surface area contributed by atoms with Crippen molar-refractivity contribution < 1.29 is 39.6 Å². The molecule has 0 spiro atoms. The van der Waals surface area contributed by atoms with Gasteiger partial charge in [-0.15, -0.1) is 0 Å². The lowest BCUT2D eigenvalue weighted by atomic mass is 9.93. The van der Waals surface area contributed by atoms with E-state index in [1.54, 1.807) is 13.8 Å². The van der Waals surface area contributed by atoms with Gasteiger partial charge in [0.1, 0.15) is 6.04 Å². The average molecular weight is 604 g/mol. The van der Waals surface area contributed by atoms with E-state index in [1.807, 2.05) is 0 Å². The first-order valence-corrected chi connectivity index (χ1v) is 16.1. The molecule has 0 bridgehead atoms. The van der Waals surface area contributed by atoms with Crippen LogP contribution in [0.4, 0.5) is 13.2 Å². The number of ketones is 1. The van der Waals surface area contributed by atoms with Gasteiger partial charge in [-0.25, -0.2) is 16.8 Å². The van der Waals surface area contributed by atoms with E-state index in [0.29, 0.717) is 11.1 Å². The number of benzene rings is 2. The molecule has 2 aromatic rings. The van der Waals surface area contributed by atoms with Gasteiger partial charge in [-0.1, -0.05) is 50.2 Å². The van der Waals surface area contributed by atoms with Crippen molar-refractivity contribution in [2.75, 3.05) is 25.6 Å². The Hall–Kier alpha value is -2.81. The van der Waals surface area contributed by atoms with Crippen LogP contribution in [0.2, 0.25) is 0 Å². The molecule has 0 aliphatic carbocycles. The van der Waals surface area contributed by atoms with Crippen molar-refractivity contribution in [3.8, 4) is 11.1 Å². The number of hydrogen-bond acceptors (Lipinski definition) is 7. The number of carbonyl (C=O) groups is 2. The van der Waals surface area contributed by atoms with Gasteiger partial charge in [0.05, 0.1) is 29.8 Å². The largest absolute Gasteiger partial charge is 0.408 e. The third kappa shape index (κ3) is 7.28. The summed E-state index contributed by atoms with van der Waals surface area (Å²) in [5.74, 6) is -2.10. The van der Waals surface area contributed by atoms with Crippen molar-refractivity contribution in [1.82, 2.24) is 9.21 Å². The van der Waals surface area contributed by atoms with Crippen LogP contribution < -0.4 is 5.73 Å². The van der Waals surface area contributed by atoms with Crippen molar-refractivity contribution in [1.29, 1.82) is 0 Å². The summed E-state index contributed by atoms with van der Waals surface area (Å²) in [5.41, 5.74) is 6.38. The minimum absolute atomic E-state index is 0.0880. The Kier molecular flexibility index (Phi) is 9.19. The molecule has 3 atom stereocenters. The molecule has 1 aliphatic rings. The van der Waals surface area contributed by atoms with E-state index in [4.69, 9.17) is 5.73 Å². The molecule has 1 aliphatic heterocycles. The zero-order chi connectivity index (χ0) is 30.2. The molecule has 14 heteroatoms. The number of halogens is 3. The number of amides is 1. The van der Waals surface area contributed by atoms with Gasteiger partial charge in [0.15, 0.2) is 15.6 Å². The highest BCUT2D eigenvalue weighted by Gasteiger charge is 2.53. The summed E-state index contributed by atoms with van der Waals surface area (Å²) < 4.78 is 92.9. The molecule has 1 saturated heterocycles. The Balaban J connectivity index is 2.11. The Morgan fingerprint density at radius 1 is 1.00 bits per heavy atom. The highest BCUT2D eigenvalue weighted by molar-refractivity contribution is 7.90. The van der Waals surface area contributed by atoms with E-state index in [1.165, 1.54) is 48.5 Å². The summed E-state index contributed by atoms with van der Waals surface area (Å²) in [6.45, 7) is 2.23. The number of Topliss-reactive ketones (excluding diaryl/α,β-unsaturated/α-hetero) is 1. The molecular weight excluding hydrogens is 571 g/mol. The SMILES string of the molecule is CC(C)C[C@@H](C(N)=O)N(C1CN(S(C)(=O)=O)CC1=O)[C@@H](c1ccc(-c2ccc(S(C)(=O)=O)cc2)cc1)C(F)(F)F. The van der Waals surface area contributed by atoms with E-state index in [-0.39, 0.29) is 22.8 Å². The lowest BCUT2D eigenvalue weighted by Crippen LogP contribution is -2.57. The maximum atomic E-state index is 14.8. The summed E-state index contributed by atoms with van der Waals surface area (Å²) in [6, 6.07) is 5.60. The molecule has 3 rings (SSSR count). The molecule has 1 unspecified atom stereocenters. The van der Waals surface area contributed by atoms with Crippen molar-refractivity contribution in [2.24, 2.45) is 11.7 Å². The van der Waals surface area contributed by atoms with E-state index in [2.05, 4.69) is 0 Å². The zero-order valence-electron chi connectivity index (χ0n) is 22.4. The first-order chi connectivity index (χ1) is 18.3. The van der Waals surface area contributed by atoms with Crippen LogP contribution in [-0.2, 0) is 29.4 Å². The number of nitrogens with zero attached hydrogens (tertiary/aromatic N) is 2. The van der Waals surface area contributed by atoms with E-state index in [0.717, 1.165) is 21.7 Å². The monoisotopic (exact) mass is 603 g/mol. The van der Waals surface area contributed by atoms with Gasteiger partial charge in [0, 0.05) is 12.8 Å². The number of sulfonamides is 1. The number of rotatable bonds is 10. The molecular formula is C26H32F3N3O6S2. The van der Waals surface area contributed by atoms with Crippen LogP contribution in [0.1, 0.15) is 31.9 Å². The maximum Gasteiger partial charge on any atom is 0.408 e. The average Bonchev–Trinajstić information content (AvgIpc) is 3.21. The number of nitrogens with two attached hydrogens (primary N) is 1. The third-order valence-corrected chi connectivity index (χ3v) is 9.09. The van der Waals surface area contributed by atoms with Crippen LogP contribution in [0.25, 0.3) is 11.1 Å². The molecule has 9 nitrogen and oxygen atoms in total. The maximum absolute atomic E-state index is 14.8. The highest BCUT2D eigenvalue weighted by atomic mass is 32.2. The normalized spacial score (nSPS) is 18.8. The lowest BCUT2D eigenvalue weighted by Gasteiger charge is -2.41. The number of alkyl halides is 3. The van der Waals surface area contributed by atoms with Crippen molar-refractivity contribution in [3.05, 3.63) is 54.1 Å². The summed E-state index contributed by atoms with van der Waals surface area (Å²) in [7, 11) is -7.33. The summed E-state index contributed by atoms with van der Waals surface area (Å²) in [4.78, 5) is 26.3. The summed E-state index contributed by atoms with van der Waals surface area (Å²) >= 11 is 0. The number of carbonyl (C=O) groups excluding carboxylic acids is 2. The fourth-order valence-corrected chi connectivity index (χ4v) is 6.25. The zero-order valence-corrected chi connectivity index (χ0v) is 24.1. The molecule has 0 saturated carbocycles. The van der Waals surface area contributed by atoms with Gasteiger partial charge < -0.3 is 5.73 Å². The van der Waals surface area contributed by atoms with Crippen molar-refractivity contribution in [3.63, 3.8) is 0 Å².